The first-order valence-corrected chi connectivity index (χ1v) is 9.26. The van der Waals surface area contributed by atoms with Crippen molar-refractivity contribution >= 4 is 31.9 Å². The Morgan fingerprint density at radius 3 is 1.56 bits per heavy atom. The zero-order valence-corrected chi connectivity index (χ0v) is 17.6. The second-order valence-corrected chi connectivity index (χ2v) is 7.19. The predicted octanol–water partition coefficient (Wildman–Crippen LogP) is 7.67. The van der Waals surface area contributed by atoms with Gasteiger partial charge in [-0.25, -0.2) is 0 Å². The van der Waals surface area contributed by atoms with E-state index >= 15 is 0 Å². The van der Waals surface area contributed by atoms with Crippen LogP contribution in [-0.4, -0.2) is 0 Å². The van der Waals surface area contributed by atoms with Gasteiger partial charge in [0.25, 0.3) is 0 Å². The summed E-state index contributed by atoms with van der Waals surface area (Å²) in [4.78, 5) is 0. The number of rotatable bonds is 2. The molecule has 0 heterocycles. The van der Waals surface area contributed by atoms with Gasteiger partial charge in [-0.2, -0.15) is 24.3 Å². The van der Waals surface area contributed by atoms with E-state index in [1.54, 1.807) is 0 Å². The van der Waals surface area contributed by atoms with Crippen LogP contribution in [0.3, 0.4) is 0 Å². The summed E-state index contributed by atoms with van der Waals surface area (Å²) in [6.07, 6.45) is 0. The molecule has 0 aromatic heterocycles. The van der Waals surface area contributed by atoms with Crippen LogP contribution < -0.4 is 0 Å². The third-order valence-corrected chi connectivity index (χ3v) is 4.74. The zero-order valence-electron chi connectivity index (χ0n) is 13.3. The fourth-order valence-corrected chi connectivity index (χ4v) is 2.95. The Hall–Kier alpha value is -1.38. The molecule has 0 aliphatic heterocycles. The number of halogens is 2. The van der Waals surface area contributed by atoms with Crippen LogP contribution in [0.2, 0.25) is 0 Å². The van der Waals surface area contributed by atoms with Crippen LogP contribution in [0.1, 0.15) is 0 Å². The first-order chi connectivity index (χ1) is 11.7. The molecule has 4 aromatic carbocycles. The van der Waals surface area contributed by atoms with Gasteiger partial charge < -0.3 is 47.5 Å². The van der Waals surface area contributed by atoms with E-state index in [0.717, 1.165) is 8.95 Å². The Kier molecular flexibility index (Phi) is 7.92. The van der Waals surface area contributed by atoms with E-state index in [-0.39, 0.29) is 17.1 Å². The summed E-state index contributed by atoms with van der Waals surface area (Å²) in [5.41, 5.74) is 5.09. The second kappa shape index (κ2) is 9.94. The summed E-state index contributed by atoms with van der Waals surface area (Å²) in [7, 11) is 0. The molecular weight excluding hydrogens is 480 g/mol. The molecule has 4 aromatic rings. The summed E-state index contributed by atoms with van der Waals surface area (Å²) in [5, 5.41) is 0. The van der Waals surface area contributed by atoms with Gasteiger partial charge in [-0.1, -0.05) is 49.6 Å². The van der Waals surface area contributed by atoms with Crippen LogP contribution in [0, 0.1) is 0 Å². The molecule has 0 spiro atoms. The van der Waals surface area contributed by atoms with E-state index in [2.05, 4.69) is 129 Å². The van der Waals surface area contributed by atoms with Crippen molar-refractivity contribution in [2.45, 2.75) is 0 Å². The maximum atomic E-state index is 3.41. The van der Waals surface area contributed by atoms with Crippen LogP contribution >= 0.6 is 31.9 Å². The molecule has 0 saturated carbocycles. The van der Waals surface area contributed by atoms with Gasteiger partial charge >= 0.3 is 0 Å². The normalized spacial score (nSPS) is 9.68. The third kappa shape index (κ3) is 5.83. The molecule has 0 unspecified atom stereocenters. The van der Waals surface area contributed by atoms with Crippen molar-refractivity contribution in [2.75, 3.05) is 0 Å². The van der Waals surface area contributed by atoms with E-state index in [1.165, 1.54) is 22.3 Å². The van der Waals surface area contributed by atoms with Crippen molar-refractivity contribution in [1.82, 2.24) is 0 Å². The summed E-state index contributed by atoms with van der Waals surface area (Å²) < 4.78 is 2.25. The van der Waals surface area contributed by atoms with Gasteiger partial charge in [-0.3, -0.25) is 0 Å². The number of hydrogen-bond acceptors (Lipinski definition) is 0. The van der Waals surface area contributed by atoms with Gasteiger partial charge in [0.15, 0.2) is 0 Å². The SMILES string of the molecule is Brc1ccc(-[c-]2[cH-][cH-][cH-][cH-]2)cc1.Brc1ccc(-[c-]2cccc2)cc1.[Fe]. The fourth-order valence-electron chi connectivity index (χ4n) is 2.42. The average molecular weight is 496 g/mol. The number of benzene rings is 2. The predicted molar refractivity (Wildman–Crippen MR) is 110 cm³/mol. The Morgan fingerprint density at radius 1 is 0.640 bits per heavy atom. The zero-order chi connectivity index (χ0) is 16.8. The van der Waals surface area contributed by atoms with E-state index in [0.29, 0.717) is 0 Å². The van der Waals surface area contributed by atoms with Crippen molar-refractivity contribution < 1.29 is 17.1 Å². The maximum Gasteiger partial charge on any atom is 0.00273 e. The molecule has 0 saturated heterocycles. The van der Waals surface area contributed by atoms with Gasteiger partial charge in [-0.05, 0) is 4.47 Å². The minimum atomic E-state index is 0. The van der Waals surface area contributed by atoms with Gasteiger partial charge in [0.05, 0.1) is 0 Å². The first kappa shape index (κ1) is 19.9. The Balaban J connectivity index is 0.000000173. The average Bonchev–Trinajstić information content (AvgIpc) is 3.31. The molecule has 0 fully saturated rings. The standard InChI is InChI=1S/2C11H8Br.Fe/c2*12-11-7-5-10(6-8-11)9-3-1-2-4-9;/h2*1-8H;/q-5;-1;. The summed E-state index contributed by atoms with van der Waals surface area (Å²) in [6.45, 7) is 0. The smallest absolute Gasteiger partial charge is 0.00273 e. The largest absolute Gasteiger partial charge is 0.642 e. The Morgan fingerprint density at radius 2 is 1.08 bits per heavy atom. The maximum absolute atomic E-state index is 3.41. The van der Waals surface area contributed by atoms with E-state index in [9.17, 15) is 0 Å². The van der Waals surface area contributed by atoms with Crippen LogP contribution in [0.25, 0.3) is 22.3 Å². The van der Waals surface area contributed by atoms with E-state index in [4.69, 9.17) is 0 Å². The van der Waals surface area contributed by atoms with Crippen molar-refractivity contribution in [3.05, 3.63) is 106 Å². The monoisotopic (exact) mass is 494 g/mol. The topological polar surface area (TPSA) is 0 Å². The molecule has 0 N–H and O–H groups in total. The number of hydrogen-bond donors (Lipinski definition) is 0. The molecule has 0 nitrogen and oxygen atoms in total. The molecule has 132 valence electrons. The van der Waals surface area contributed by atoms with Crippen LogP contribution in [-0.2, 0) is 17.1 Å². The molecule has 0 bridgehead atoms. The molecular formula is C22H16Br2Fe-6. The fraction of sp³-hybridized carbons (Fsp3) is 0. The summed E-state index contributed by atoms with van der Waals surface area (Å²) in [5.74, 6) is 0. The Labute approximate surface area is 176 Å². The van der Waals surface area contributed by atoms with Crippen molar-refractivity contribution in [1.29, 1.82) is 0 Å². The van der Waals surface area contributed by atoms with Gasteiger partial charge in [-0.15, -0.1) is 29.8 Å². The van der Waals surface area contributed by atoms with Crippen molar-refractivity contribution in [3.8, 4) is 22.3 Å². The first-order valence-electron chi connectivity index (χ1n) is 7.68. The second-order valence-electron chi connectivity index (χ2n) is 5.36. The molecule has 0 amide bonds. The molecule has 25 heavy (non-hydrogen) atoms. The minimum Gasteiger partial charge on any atom is -0.642 e. The molecule has 3 heteroatoms. The molecule has 0 aliphatic rings. The van der Waals surface area contributed by atoms with Crippen LogP contribution in [0.15, 0.2) is 106 Å². The van der Waals surface area contributed by atoms with Gasteiger partial charge in [0.1, 0.15) is 0 Å². The van der Waals surface area contributed by atoms with E-state index < -0.39 is 0 Å². The molecule has 0 radical (unpaired) electrons. The minimum absolute atomic E-state index is 0. The van der Waals surface area contributed by atoms with Crippen LogP contribution in [0.5, 0.6) is 0 Å². The molecule has 0 aliphatic carbocycles. The molecule has 4 rings (SSSR count). The van der Waals surface area contributed by atoms with Gasteiger partial charge in [0.2, 0.25) is 0 Å². The van der Waals surface area contributed by atoms with Crippen molar-refractivity contribution in [2.24, 2.45) is 0 Å². The van der Waals surface area contributed by atoms with Gasteiger partial charge in [0, 0.05) is 21.5 Å². The summed E-state index contributed by atoms with van der Waals surface area (Å²) in [6, 6.07) is 33.3. The van der Waals surface area contributed by atoms with E-state index in [1.807, 2.05) is 0 Å². The molecule has 0 atom stereocenters. The third-order valence-electron chi connectivity index (χ3n) is 3.68. The summed E-state index contributed by atoms with van der Waals surface area (Å²) >= 11 is 6.82. The van der Waals surface area contributed by atoms with Crippen molar-refractivity contribution in [3.63, 3.8) is 0 Å². The quantitative estimate of drug-likeness (QED) is 0.198. The Bertz CT molecular complexity index is 768. The van der Waals surface area contributed by atoms with Crippen LogP contribution in [0.4, 0.5) is 0 Å².